The van der Waals surface area contributed by atoms with E-state index in [-0.39, 0.29) is 29.8 Å². The molecule has 2 fully saturated rings. The van der Waals surface area contributed by atoms with Gasteiger partial charge < -0.3 is 19.9 Å². The minimum absolute atomic E-state index is 0. The Bertz CT molecular complexity index is 622. The summed E-state index contributed by atoms with van der Waals surface area (Å²) in [7, 11) is 0. The van der Waals surface area contributed by atoms with Crippen LogP contribution in [0, 0.1) is 11.7 Å². The van der Waals surface area contributed by atoms with Crippen LogP contribution in [0.3, 0.4) is 0 Å². The summed E-state index contributed by atoms with van der Waals surface area (Å²) in [6.07, 6.45) is 2.48. The molecule has 27 heavy (non-hydrogen) atoms. The van der Waals surface area contributed by atoms with Crippen LogP contribution in [0.4, 0.5) is 10.1 Å². The van der Waals surface area contributed by atoms with Gasteiger partial charge in [-0.2, -0.15) is 0 Å². The van der Waals surface area contributed by atoms with Crippen molar-refractivity contribution >= 4 is 35.6 Å². The SMILES string of the molecule is CCNC(=NCc1ccc(N2CCOCC2)c(F)c1)N1CCCC(C)C1.I. The maximum absolute atomic E-state index is 14.6. The van der Waals surface area contributed by atoms with E-state index in [1.165, 1.54) is 12.8 Å². The largest absolute Gasteiger partial charge is 0.378 e. The lowest BCUT2D eigenvalue weighted by Gasteiger charge is -2.33. The molecule has 152 valence electrons. The predicted molar refractivity (Wildman–Crippen MR) is 120 cm³/mol. The minimum Gasteiger partial charge on any atom is -0.378 e. The number of hydrogen-bond acceptors (Lipinski definition) is 3. The van der Waals surface area contributed by atoms with Gasteiger partial charge in [-0.05, 0) is 43.4 Å². The molecule has 5 nitrogen and oxygen atoms in total. The van der Waals surface area contributed by atoms with E-state index in [1.54, 1.807) is 6.07 Å². The van der Waals surface area contributed by atoms with Gasteiger partial charge in [0.2, 0.25) is 0 Å². The van der Waals surface area contributed by atoms with Crippen LogP contribution in [0.25, 0.3) is 0 Å². The Kier molecular flexibility index (Phi) is 9.08. The second-order valence-corrected chi connectivity index (χ2v) is 7.25. The minimum atomic E-state index is -0.170. The molecule has 1 aromatic carbocycles. The van der Waals surface area contributed by atoms with Crippen LogP contribution in [-0.4, -0.2) is 56.8 Å². The number of anilines is 1. The monoisotopic (exact) mass is 490 g/mol. The molecule has 0 spiro atoms. The highest BCUT2D eigenvalue weighted by molar-refractivity contribution is 14.0. The first kappa shape index (κ1) is 22.2. The van der Waals surface area contributed by atoms with Gasteiger partial charge in [0.15, 0.2) is 5.96 Å². The highest BCUT2D eigenvalue weighted by Crippen LogP contribution is 2.22. The van der Waals surface area contributed by atoms with Crippen LogP contribution in [0.5, 0.6) is 0 Å². The van der Waals surface area contributed by atoms with Gasteiger partial charge in [0.05, 0.1) is 25.4 Å². The number of aliphatic imine (C=N–C) groups is 1. The molecule has 0 aliphatic carbocycles. The molecular weight excluding hydrogens is 458 g/mol. The van der Waals surface area contributed by atoms with Crippen LogP contribution in [0.1, 0.15) is 32.3 Å². The van der Waals surface area contributed by atoms with Crippen molar-refractivity contribution in [1.29, 1.82) is 0 Å². The number of rotatable bonds is 4. The third-order valence-electron chi connectivity index (χ3n) is 5.07. The number of guanidine groups is 1. The molecule has 0 saturated carbocycles. The summed E-state index contributed by atoms with van der Waals surface area (Å²) >= 11 is 0. The summed E-state index contributed by atoms with van der Waals surface area (Å²) in [4.78, 5) is 9.13. The molecule has 2 aliphatic heterocycles. The Balaban J connectivity index is 0.00000261. The van der Waals surface area contributed by atoms with E-state index < -0.39 is 0 Å². The van der Waals surface area contributed by atoms with Gasteiger partial charge >= 0.3 is 0 Å². The molecule has 1 N–H and O–H groups in total. The van der Waals surface area contributed by atoms with E-state index in [1.807, 2.05) is 17.0 Å². The quantitative estimate of drug-likeness (QED) is 0.399. The molecule has 2 aliphatic rings. The van der Waals surface area contributed by atoms with Crippen LogP contribution in [-0.2, 0) is 11.3 Å². The first-order valence-corrected chi connectivity index (χ1v) is 9.81. The van der Waals surface area contributed by atoms with Gasteiger partial charge in [-0.15, -0.1) is 24.0 Å². The van der Waals surface area contributed by atoms with Crippen molar-refractivity contribution < 1.29 is 9.13 Å². The summed E-state index contributed by atoms with van der Waals surface area (Å²) in [6, 6.07) is 5.48. The van der Waals surface area contributed by atoms with Crippen molar-refractivity contribution in [2.45, 2.75) is 33.2 Å². The maximum atomic E-state index is 14.6. The average Bonchev–Trinajstić information content (AvgIpc) is 2.66. The highest BCUT2D eigenvalue weighted by atomic mass is 127. The van der Waals surface area contributed by atoms with Crippen LogP contribution in [0.2, 0.25) is 0 Å². The van der Waals surface area contributed by atoms with Crippen LogP contribution in [0.15, 0.2) is 23.2 Å². The van der Waals surface area contributed by atoms with E-state index in [4.69, 9.17) is 9.73 Å². The molecule has 0 amide bonds. The number of benzene rings is 1. The number of likely N-dealkylation sites (tertiary alicyclic amines) is 1. The summed E-state index contributed by atoms with van der Waals surface area (Å²) < 4.78 is 19.9. The third-order valence-corrected chi connectivity index (χ3v) is 5.07. The number of morpholine rings is 1. The summed E-state index contributed by atoms with van der Waals surface area (Å²) in [6.45, 7) is 10.6. The molecule has 1 unspecified atom stereocenters. The van der Waals surface area contributed by atoms with Gasteiger partial charge in [0.25, 0.3) is 0 Å². The Morgan fingerprint density at radius 1 is 1.30 bits per heavy atom. The predicted octanol–water partition coefficient (Wildman–Crippen LogP) is 3.48. The first-order chi connectivity index (χ1) is 12.7. The van der Waals surface area contributed by atoms with E-state index in [2.05, 4.69) is 24.1 Å². The fourth-order valence-corrected chi connectivity index (χ4v) is 3.68. The zero-order valence-electron chi connectivity index (χ0n) is 16.4. The van der Waals surface area contributed by atoms with Crippen LogP contribution < -0.4 is 10.2 Å². The Morgan fingerprint density at radius 3 is 2.74 bits per heavy atom. The van der Waals surface area contributed by atoms with E-state index >= 15 is 0 Å². The standard InChI is InChI=1S/C20H31FN4O.HI/c1-3-22-20(25-8-4-5-16(2)15-25)23-14-17-6-7-19(18(21)13-17)24-9-11-26-12-10-24;/h6-7,13,16H,3-5,8-12,14-15H2,1-2H3,(H,22,23);1H. The van der Waals surface area contributed by atoms with Gasteiger partial charge in [0.1, 0.15) is 5.82 Å². The van der Waals surface area contributed by atoms with Crippen molar-refractivity contribution in [3.63, 3.8) is 0 Å². The van der Waals surface area contributed by atoms with Crippen LogP contribution >= 0.6 is 24.0 Å². The average molecular weight is 490 g/mol. The summed E-state index contributed by atoms with van der Waals surface area (Å²) in [5, 5.41) is 3.38. The van der Waals surface area contributed by atoms with Gasteiger partial charge in [0, 0.05) is 32.7 Å². The lowest BCUT2D eigenvalue weighted by atomic mass is 10.0. The normalized spacial score (nSPS) is 21.0. The number of nitrogens with zero attached hydrogens (tertiary/aromatic N) is 3. The smallest absolute Gasteiger partial charge is 0.194 e. The molecule has 1 atom stereocenters. The molecule has 3 rings (SSSR count). The molecule has 0 aromatic heterocycles. The second kappa shape index (κ2) is 11.0. The van der Waals surface area contributed by atoms with Gasteiger partial charge in [-0.1, -0.05) is 13.0 Å². The number of hydrogen-bond donors (Lipinski definition) is 1. The molecule has 0 radical (unpaired) electrons. The molecule has 7 heteroatoms. The summed E-state index contributed by atoms with van der Waals surface area (Å²) in [5.74, 6) is 1.46. The second-order valence-electron chi connectivity index (χ2n) is 7.25. The number of piperidine rings is 1. The lowest BCUT2D eigenvalue weighted by Crippen LogP contribution is -2.46. The van der Waals surface area contributed by atoms with Crippen molar-refractivity contribution in [3.8, 4) is 0 Å². The molecular formula is C20H32FIN4O. The fraction of sp³-hybridized carbons (Fsp3) is 0.650. The van der Waals surface area contributed by atoms with Gasteiger partial charge in [-0.25, -0.2) is 9.38 Å². The maximum Gasteiger partial charge on any atom is 0.194 e. The van der Waals surface area contributed by atoms with Gasteiger partial charge in [-0.3, -0.25) is 0 Å². The van der Waals surface area contributed by atoms with E-state index in [9.17, 15) is 4.39 Å². The molecule has 1 aromatic rings. The summed E-state index contributed by atoms with van der Waals surface area (Å²) in [5.41, 5.74) is 1.57. The number of halogens is 2. The van der Waals surface area contributed by atoms with E-state index in [0.29, 0.717) is 31.4 Å². The van der Waals surface area contributed by atoms with Crippen molar-refractivity contribution in [3.05, 3.63) is 29.6 Å². The topological polar surface area (TPSA) is 40.1 Å². The highest BCUT2D eigenvalue weighted by Gasteiger charge is 2.19. The zero-order valence-corrected chi connectivity index (χ0v) is 18.7. The number of ether oxygens (including phenoxy) is 1. The van der Waals surface area contributed by atoms with E-state index in [0.717, 1.165) is 44.2 Å². The Morgan fingerprint density at radius 2 is 2.07 bits per heavy atom. The van der Waals surface area contributed by atoms with Crippen molar-refractivity contribution in [2.24, 2.45) is 10.9 Å². The fourth-order valence-electron chi connectivity index (χ4n) is 3.68. The van der Waals surface area contributed by atoms with Crippen molar-refractivity contribution in [2.75, 3.05) is 50.8 Å². The molecule has 2 saturated heterocycles. The first-order valence-electron chi connectivity index (χ1n) is 9.81. The van der Waals surface area contributed by atoms with Crippen molar-refractivity contribution in [1.82, 2.24) is 10.2 Å². The molecule has 2 heterocycles. The lowest BCUT2D eigenvalue weighted by molar-refractivity contribution is 0.122. The third kappa shape index (κ3) is 6.20. The molecule has 0 bridgehead atoms. The number of nitrogens with one attached hydrogen (secondary N) is 1. The Labute approximate surface area is 179 Å². The Hall–Kier alpha value is -1.09. The zero-order chi connectivity index (χ0) is 18.4.